The molecule has 0 saturated heterocycles. The molecule has 3 N–H and O–H groups in total. The second kappa shape index (κ2) is 9.25. The first kappa shape index (κ1) is 19.1. The van der Waals surface area contributed by atoms with Crippen LogP contribution in [0.15, 0.2) is 23.2 Å². The van der Waals surface area contributed by atoms with Crippen molar-refractivity contribution < 1.29 is 9.47 Å². The van der Waals surface area contributed by atoms with E-state index >= 15 is 0 Å². The number of nitrogens with two attached hydrogens (primary N) is 1. The van der Waals surface area contributed by atoms with Gasteiger partial charge in [0.05, 0.1) is 26.8 Å². The Morgan fingerprint density at radius 1 is 1.26 bits per heavy atom. The van der Waals surface area contributed by atoms with Crippen molar-refractivity contribution in [3.8, 4) is 11.5 Å². The second-order valence-electron chi connectivity index (χ2n) is 5.77. The fourth-order valence-corrected chi connectivity index (χ4v) is 2.21. The molecule has 2 atom stereocenters. The Morgan fingerprint density at radius 2 is 1.91 bits per heavy atom. The van der Waals surface area contributed by atoms with Crippen LogP contribution >= 0.6 is 0 Å². The SMILES string of the molecule is CCC(C)NC(N)=NCC(c1ccc(OC)c(OC)c1)N(C)C. The number of aliphatic imine (C=N–C) groups is 1. The van der Waals surface area contributed by atoms with Gasteiger partial charge in [0.25, 0.3) is 0 Å². The van der Waals surface area contributed by atoms with E-state index in [0.29, 0.717) is 24.3 Å². The lowest BCUT2D eigenvalue weighted by Gasteiger charge is -2.24. The lowest BCUT2D eigenvalue weighted by molar-refractivity contribution is 0.303. The van der Waals surface area contributed by atoms with E-state index < -0.39 is 0 Å². The van der Waals surface area contributed by atoms with E-state index in [1.54, 1.807) is 14.2 Å². The van der Waals surface area contributed by atoms with E-state index in [1.165, 1.54) is 0 Å². The highest BCUT2D eigenvalue weighted by Crippen LogP contribution is 2.31. The number of hydrogen-bond donors (Lipinski definition) is 2. The van der Waals surface area contributed by atoms with Gasteiger partial charge in [0.2, 0.25) is 0 Å². The number of rotatable bonds is 8. The predicted octanol–water partition coefficient (Wildman–Crippen LogP) is 2.01. The predicted molar refractivity (Wildman–Crippen MR) is 95.4 cm³/mol. The van der Waals surface area contributed by atoms with Gasteiger partial charge in [-0.3, -0.25) is 4.99 Å². The Bertz CT molecular complexity index is 517. The Kier molecular flexibility index (Phi) is 7.68. The molecule has 1 rings (SSSR count). The van der Waals surface area contributed by atoms with Gasteiger partial charge in [0.1, 0.15) is 0 Å². The summed E-state index contributed by atoms with van der Waals surface area (Å²) in [6.45, 7) is 4.76. The molecule has 2 unspecified atom stereocenters. The summed E-state index contributed by atoms with van der Waals surface area (Å²) >= 11 is 0. The zero-order valence-electron chi connectivity index (χ0n) is 15.1. The fraction of sp³-hybridized carbons (Fsp3) is 0.588. The molecular weight excluding hydrogens is 292 g/mol. The molecule has 23 heavy (non-hydrogen) atoms. The largest absolute Gasteiger partial charge is 0.493 e. The summed E-state index contributed by atoms with van der Waals surface area (Å²) < 4.78 is 10.7. The van der Waals surface area contributed by atoms with Crippen LogP contribution in [0.1, 0.15) is 31.9 Å². The van der Waals surface area contributed by atoms with Crippen LogP contribution in [0.3, 0.4) is 0 Å². The van der Waals surface area contributed by atoms with Crippen LogP contribution in [0.5, 0.6) is 11.5 Å². The Hall–Kier alpha value is -1.95. The van der Waals surface area contributed by atoms with Crippen molar-refractivity contribution in [3.05, 3.63) is 23.8 Å². The average Bonchev–Trinajstić information content (AvgIpc) is 2.54. The van der Waals surface area contributed by atoms with Crippen molar-refractivity contribution in [2.75, 3.05) is 34.9 Å². The number of methoxy groups -OCH3 is 2. The third-order valence-electron chi connectivity index (χ3n) is 3.86. The van der Waals surface area contributed by atoms with Gasteiger partial charge in [-0.2, -0.15) is 0 Å². The van der Waals surface area contributed by atoms with Crippen molar-refractivity contribution in [1.82, 2.24) is 10.2 Å². The number of benzene rings is 1. The molecule has 0 saturated carbocycles. The van der Waals surface area contributed by atoms with Crippen molar-refractivity contribution in [1.29, 1.82) is 0 Å². The summed E-state index contributed by atoms with van der Waals surface area (Å²) in [7, 11) is 7.31. The van der Waals surface area contributed by atoms with Crippen LogP contribution in [0.25, 0.3) is 0 Å². The molecule has 1 aromatic rings. The Balaban J connectivity index is 2.93. The normalized spacial score (nSPS) is 14.5. The van der Waals surface area contributed by atoms with Gasteiger partial charge in [0.15, 0.2) is 17.5 Å². The van der Waals surface area contributed by atoms with E-state index in [4.69, 9.17) is 15.2 Å². The number of guanidine groups is 1. The van der Waals surface area contributed by atoms with Gasteiger partial charge in [-0.25, -0.2) is 0 Å². The van der Waals surface area contributed by atoms with Crippen molar-refractivity contribution in [2.45, 2.75) is 32.4 Å². The summed E-state index contributed by atoms with van der Waals surface area (Å²) in [5.41, 5.74) is 7.06. The number of hydrogen-bond acceptors (Lipinski definition) is 4. The molecule has 1 aromatic carbocycles. The summed E-state index contributed by atoms with van der Waals surface area (Å²) in [5, 5.41) is 3.18. The van der Waals surface area contributed by atoms with Crippen molar-refractivity contribution >= 4 is 5.96 Å². The highest BCUT2D eigenvalue weighted by Gasteiger charge is 2.16. The van der Waals surface area contributed by atoms with Gasteiger partial charge in [-0.1, -0.05) is 13.0 Å². The van der Waals surface area contributed by atoms with Crippen molar-refractivity contribution in [2.24, 2.45) is 10.7 Å². The van der Waals surface area contributed by atoms with Gasteiger partial charge in [-0.05, 0) is 45.1 Å². The molecule has 0 radical (unpaired) electrons. The molecule has 0 spiro atoms. The van der Waals surface area contributed by atoms with E-state index in [0.717, 1.165) is 17.7 Å². The molecule has 6 nitrogen and oxygen atoms in total. The van der Waals surface area contributed by atoms with Crippen LogP contribution in [0, 0.1) is 0 Å². The van der Waals surface area contributed by atoms with Gasteiger partial charge in [-0.15, -0.1) is 0 Å². The summed E-state index contributed by atoms with van der Waals surface area (Å²) in [6, 6.07) is 6.34. The molecule has 0 aromatic heterocycles. The molecule has 6 heteroatoms. The number of likely N-dealkylation sites (N-methyl/N-ethyl adjacent to an activating group) is 1. The molecule has 0 aliphatic rings. The number of ether oxygens (including phenoxy) is 2. The molecule has 0 heterocycles. The number of nitrogens with one attached hydrogen (secondary N) is 1. The van der Waals surface area contributed by atoms with E-state index in [1.807, 2.05) is 32.3 Å². The molecule has 0 aliphatic heterocycles. The maximum atomic E-state index is 5.95. The first-order valence-corrected chi connectivity index (χ1v) is 7.87. The van der Waals surface area contributed by atoms with Crippen LogP contribution in [0.4, 0.5) is 0 Å². The van der Waals surface area contributed by atoms with Crippen LogP contribution in [-0.2, 0) is 0 Å². The van der Waals surface area contributed by atoms with Gasteiger partial charge in [0, 0.05) is 6.04 Å². The monoisotopic (exact) mass is 322 g/mol. The minimum absolute atomic E-state index is 0.104. The third-order valence-corrected chi connectivity index (χ3v) is 3.86. The minimum atomic E-state index is 0.104. The lowest BCUT2D eigenvalue weighted by atomic mass is 10.1. The highest BCUT2D eigenvalue weighted by atomic mass is 16.5. The van der Waals surface area contributed by atoms with Crippen LogP contribution in [-0.4, -0.2) is 51.8 Å². The van der Waals surface area contributed by atoms with Crippen LogP contribution in [0.2, 0.25) is 0 Å². The summed E-state index contributed by atoms with van der Waals surface area (Å²) in [4.78, 5) is 6.59. The molecule has 0 aliphatic carbocycles. The molecular formula is C17H30N4O2. The lowest BCUT2D eigenvalue weighted by Crippen LogP contribution is -2.38. The standard InChI is InChI=1S/C17H30N4O2/c1-7-12(2)20-17(18)19-11-14(21(3)4)13-8-9-15(22-5)16(10-13)23-6/h8-10,12,14H,7,11H2,1-6H3,(H3,18,19,20). The van der Waals surface area contributed by atoms with E-state index in [2.05, 4.69) is 29.1 Å². The second-order valence-corrected chi connectivity index (χ2v) is 5.77. The first-order chi connectivity index (χ1) is 10.9. The quantitative estimate of drug-likeness (QED) is 0.566. The summed E-state index contributed by atoms with van der Waals surface area (Å²) in [5.74, 6) is 1.91. The maximum absolute atomic E-state index is 5.95. The average molecular weight is 322 g/mol. The topological polar surface area (TPSA) is 72.1 Å². The molecule has 0 bridgehead atoms. The first-order valence-electron chi connectivity index (χ1n) is 7.87. The van der Waals surface area contributed by atoms with E-state index in [-0.39, 0.29) is 6.04 Å². The third kappa shape index (κ3) is 5.63. The minimum Gasteiger partial charge on any atom is -0.493 e. The highest BCUT2D eigenvalue weighted by molar-refractivity contribution is 5.78. The van der Waals surface area contributed by atoms with Gasteiger partial charge >= 0.3 is 0 Å². The molecule has 0 fully saturated rings. The maximum Gasteiger partial charge on any atom is 0.188 e. The Labute approximate surface area is 139 Å². The number of nitrogens with zero attached hydrogens (tertiary/aromatic N) is 2. The molecule has 0 amide bonds. The Morgan fingerprint density at radius 3 is 2.43 bits per heavy atom. The van der Waals surface area contributed by atoms with E-state index in [9.17, 15) is 0 Å². The smallest absolute Gasteiger partial charge is 0.188 e. The van der Waals surface area contributed by atoms with Crippen LogP contribution < -0.4 is 20.5 Å². The molecule has 130 valence electrons. The summed E-state index contributed by atoms with van der Waals surface area (Å²) in [6.07, 6.45) is 1.00. The zero-order chi connectivity index (χ0) is 17.4. The zero-order valence-corrected chi connectivity index (χ0v) is 15.1. The fourth-order valence-electron chi connectivity index (χ4n) is 2.21. The van der Waals surface area contributed by atoms with Crippen molar-refractivity contribution in [3.63, 3.8) is 0 Å². The van der Waals surface area contributed by atoms with Gasteiger partial charge < -0.3 is 25.4 Å².